The molecule has 0 aliphatic heterocycles. The Bertz CT molecular complexity index is 198. The van der Waals surface area contributed by atoms with Crippen molar-refractivity contribution in [3.8, 4) is 0 Å². The normalized spacial score (nSPS) is 30.8. The van der Waals surface area contributed by atoms with Crippen LogP contribution in [-0.4, -0.2) is 16.9 Å². The van der Waals surface area contributed by atoms with Crippen LogP contribution in [0.2, 0.25) is 0 Å². The van der Waals surface area contributed by atoms with Crippen molar-refractivity contribution in [1.82, 2.24) is 0 Å². The van der Waals surface area contributed by atoms with Crippen LogP contribution in [-0.2, 0) is 9.59 Å². The average molecular weight is 156 g/mol. The van der Waals surface area contributed by atoms with Crippen LogP contribution < -0.4 is 0 Å². The number of rotatable bonds is 2. The molecule has 1 saturated carbocycles. The molecule has 0 aromatic carbocycles. The SMILES string of the molecule is CC[C@]1(C(=O)O)CCC(=O)C1. The first-order valence-corrected chi connectivity index (χ1v) is 3.86. The Hall–Kier alpha value is -0.860. The van der Waals surface area contributed by atoms with E-state index in [9.17, 15) is 9.59 Å². The maximum atomic E-state index is 10.9. The van der Waals surface area contributed by atoms with Gasteiger partial charge < -0.3 is 5.11 Å². The topological polar surface area (TPSA) is 54.4 Å². The quantitative estimate of drug-likeness (QED) is 0.654. The zero-order valence-corrected chi connectivity index (χ0v) is 6.59. The van der Waals surface area contributed by atoms with E-state index in [-0.39, 0.29) is 12.2 Å². The highest BCUT2D eigenvalue weighted by molar-refractivity contribution is 5.89. The summed E-state index contributed by atoms with van der Waals surface area (Å²) in [5.74, 6) is -0.722. The second-order valence-electron chi connectivity index (χ2n) is 3.15. The molecule has 0 heterocycles. The van der Waals surface area contributed by atoms with Gasteiger partial charge in [-0.15, -0.1) is 0 Å². The van der Waals surface area contributed by atoms with Gasteiger partial charge in [-0.2, -0.15) is 0 Å². The van der Waals surface area contributed by atoms with E-state index in [4.69, 9.17) is 5.11 Å². The second-order valence-corrected chi connectivity index (χ2v) is 3.15. The molecule has 0 bridgehead atoms. The minimum Gasteiger partial charge on any atom is -0.481 e. The van der Waals surface area contributed by atoms with Crippen LogP contribution in [0.1, 0.15) is 32.6 Å². The van der Waals surface area contributed by atoms with Crippen LogP contribution >= 0.6 is 0 Å². The molecule has 0 saturated heterocycles. The van der Waals surface area contributed by atoms with Crippen molar-refractivity contribution in [3.05, 3.63) is 0 Å². The Morgan fingerprint density at radius 1 is 1.73 bits per heavy atom. The molecule has 1 atom stereocenters. The lowest BCUT2D eigenvalue weighted by molar-refractivity contribution is -0.149. The third-order valence-electron chi connectivity index (χ3n) is 2.55. The van der Waals surface area contributed by atoms with Gasteiger partial charge in [-0.25, -0.2) is 0 Å². The van der Waals surface area contributed by atoms with Crippen LogP contribution in [0.25, 0.3) is 0 Å². The fraction of sp³-hybridized carbons (Fsp3) is 0.750. The van der Waals surface area contributed by atoms with Crippen molar-refractivity contribution in [3.63, 3.8) is 0 Å². The summed E-state index contributed by atoms with van der Waals surface area (Å²) in [6, 6.07) is 0. The van der Waals surface area contributed by atoms with Crippen LogP contribution in [0.3, 0.4) is 0 Å². The average Bonchev–Trinajstić information content (AvgIpc) is 2.33. The summed E-state index contributed by atoms with van der Waals surface area (Å²) < 4.78 is 0. The number of hydrogen-bond acceptors (Lipinski definition) is 2. The van der Waals surface area contributed by atoms with Gasteiger partial charge in [0.1, 0.15) is 5.78 Å². The van der Waals surface area contributed by atoms with Crippen LogP contribution in [0.15, 0.2) is 0 Å². The van der Waals surface area contributed by atoms with Crippen molar-refractivity contribution in [2.75, 3.05) is 0 Å². The van der Waals surface area contributed by atoms with E-state index >= 15 is 0 Å². The third kappa shape index (κ3) is 1.27. The van der Waals surface area contributed by atoms with E-state index in [1.807, 2.05) is 6.92 Å². The molecule has 0 radical (unpaired) electrons. The molecule has 0 spiro atoms. The van der Waals surface area contributed by atoms with Crippen LogP contribution in [0.4, 0.5) is 0 Å². The third-order valence-corrected chi connectivity index (χ3v) is 2.55. The maximum Gasteiger partial charge on any atom is 0.310 e. The Balaban J connectivity index is 2.78. The molecular weight excluding hydrogens is 144 g/mol. The fourth-order valence-corrected chi connectivity index (χ4v) is 1.57. The Kier molecular flexibility index (Phi) is 1.98. The Morgan fingerprint density at radius 3 is 2.55 bits per heavy atom. The van der Waals surface area contributed by atoms with Gasteiger partial charge in [0.15, 0.2) is 0 Å². The van der Waals surface area contributed by atoms with E-state index in [2.05, 4.69) is 0 Å². The van der Waals surface area contributed by atoms with E-state index < -0.39 is 11.4 Å². The van der Waals surface area contributed by atoms with E-state index in [1.54, 1.807) is 0 Å². The van der Waals surface area contributed by atoms with Gasteiger partial charge in [-0.1, -0.05) is 6.92 Å². The number of carbonyl (C=O) groups excluding carboxylic acids is 1. The first kappa shape index (κ1) is 8.24. The summed E-state index contributed by atoms with van der Waals surface area (Å²) in [6.07, 6.45) is 1.77. The number of ketones is 1. The summed E-state index contributed by atoms with van der Waals surface area (Å²) >= 11 is 0. The molecule has 3 nitrogen and oxygen atoms in total. The lowest BCUT2D eigenvalue weighted by Gasteiger charge is -2.19. The first-order chi connectivity index (χ1) is 5.10. The predicted molar refractivity (Wildman–Crippen MR) is 39.2 cm³/mol. The summed E-state index contributed by atoms with van der Waals surface area (Å²) in [5, 5.41) is 8.83. The minimum atomic E-state index is -0.814. The Labute approximate surface area is 65.4 Å². The summed E-state index contributed by atoms with van der Waals surface area (Å²) in [5.41, 5.74) is -0.725. The van der Waals surface area contributed by atoms with Gasteiger partial charge in [0.25, 0.3) is 0 Å². The molecular formula is C8H12O3. The van der Waals surface area contributed by atoms with Gasteiger partial charge in [0, 0.05) is 12.8 Å². The van der Waals surface area contributed by atoms with Crippen molar-refractivity contribution < 1.29 is 14.7 Å². The molecule has 0 amide bonds. The smallest absolute Gasteiger partial charge is 0.310 e. The first-order valence-electron chi connectivity index (χ1n) is 3.86. The van der Waals surface area contributed by atoms with Crippen LogP contribution in [0, 0.1) is 5.41 Å². The number of carbonyl (C=O) groups is 2. The number of aliphatic carboxylic acids is 1. The molecule has 62 valence electrons. The molecule has 0 aromatic rings. The van der Waals surface area contributed by atoms with Gasteiger partial charge in [0.2, 0.25) is 0 Å². The highest BCUT2D eigenvalue weighted by Gasteiger charge is 2.43. The summed E-state index contributed by atoms with van der Waals surface area (Å²) in [4.78, 5) is 21.6. The van der Waals surface area contributed by atoms with E-state index in [0.717, 1.165) is 0 Å². The number of hydrogen-bond donors (Lipinski definition) is 1. The highest BCUT2D eigenvalue weighted by Crippen LogP contribution is 2.38. The summed E-state index contributed by atoms with van der Waals surface area (Å²) in [7, 11) is 0. The summed E-state index contributed by atoms with van der Waals surface area (Å²) in [6.45, 7) is 1.83. The molecule has 1 aliphatic rings. The van der Waals surface area contributed by atoms with Crippen molar-refractivity contribution >= 4 is 11.8 Å². The minimum absolute atomic E-state index is 0.0919. The maximum absolute atomic E-state index is 10.9. The number of carboxylic acid groups (broad SMARTS) is 1. The zero-order valence-electron chi connectivity index (χ0n) is 6.59. The van der Waals surface area contributed by atoms with E-state index in [0.29, 0.717) is 19.3 Å². The molecule has 1 fully saturated rings. The predicted octanol–water partition coefficient (Wildman–Crippen LogP) is 1.22. The zero-order chi connectivity index (χ0) is 8.48. The standard InChI is InChI=1S/C8H12O3/c1-2-8(7(10)11)4-3-6(9)5-8/h2-5H2,1H3,(H,10,11)/t8-/m0/s1. The van der Waals surface area contributed by atoms with Crippen LogP contribution in [0.5, 0.6) is 0 Å². The van der Waals surface area contributed by atoms with Gasteiger partial charge in [0.05, 0.1) is 5.41 Å². The number of carboxylic acids is 1. The molecule has 0 aromatic heterocycles. The lowest BCUT2D eigenvalue weighted by Crippen LogP contribution is -2.27. The molecule has 1 N–H and O–H groups in total. The molecule has 0 unspecified atom stereocenters. The van der Waals surface area contributed by atoms with Gasteiger partial charge in [-0.3, -0.25) is 9.59 Å². The molecule has 1 rings (SSSR count). The van der Waals surface area contributed by atoms with Crippen molar-refractivity contribution in [1.29, 1.82) is 0 Å². The fourth-order valence-electron chi connectivity index (χ4n) is 1.57. The Morgan fingerprint density at radius 2 is 2.36 bits per heavy atom. The monoisotopic (exact) mass is 156 g/mol. The van der Waals surface area contributed by atoms with Crippen molar-refractivity contribution in [2.24, 2.45) is 5.41 Å². The number of Topliss-reactive ketones (excluding diaryl/α,β-unsaturated/α-hetero) is 1. The van der Waals surface area contributed by atoms with Gasteiger partial charge >= 0.3 is 5.97 Å². The highest BCUT2D eigenvalue weighted by atomic mass is 16.4. The largest absolute Gasteiger partial charge is 0.481 e. The second kappa shape index (κ2) is 2.64. The molecule has 11 heavy (non-hydrogen) atoms. The molecule has 3 heteroatoms. The van der Waals surface area contributed by atoms with Gasteiger partial charge in [-0.05, 0) is 12.8 Å². The lowest BCUT2D eigenvalue weighted by atomic mass is 9.84. The van der Waals surface area contributed by atoms with E-state index in [1.165, 1.54) is 0 Å². The molecule has 1 aliphatic carbocycles. The van der Waals surface area contributed by atoms with Crippen molar-refractivity contribution in [2.45, 2.75) is 32.6 Å².